The maximum absolute atomic E-state index is 12.3. The number of hydrogen-bond acceptors (Lipinski definition) is 7. The van der Waals surface area contributed by atoms with E-state index in [1.165, 1.54) is 4.68 Å². The molecule has 4 rings (SSSR count). The minimum absolute atomic E-state index is 0.118. The monoisotopic (exact) mass is 450 g/mol. The van der Waals surface area contributed by atoms with Gasteiger partial charge in [-0.1, -0.05) is 18.2 Å². The molecule has 33 heavy (non-hydrogen) atoms. The van der Waals surface area contributed by atoms with Crippen LogP contribution in [0.15, 0.2) is 36.4 Å². The van der Waals surface area contributed by atoms with Gasteiger partial charge in [-0.15, -0.1) is 0 Å². The van der Waals surface area contributed by atoms with E-state index in [4.69, 9.17) is 16.2 Å². The molecule has 1 saturated heterocycles. The first-order chi connectivity index (χ1) is 15.9. The molecular formula is C24H30N6O3. The molecule has 1 amide bonds. The van der Waals surface area contributed by atoms with E-state index in [2.05, 4.69) is 15.3 Å². The van der Waals surface area contributed by atoms with Gasteiger partial charge in [-0.3, -0.25) is 9.69 Å². The molecular weight excluding hydrogens is 420 g/mol. The lowest BCUT2D eigenvalue weighted by atomic mass is 10.1. The van der Waals surface area contributed by atoms with E-state index in [9.17, 15) is 9.90 Å². The van der Waals surface area contributed by atoms with E-state index in [-0.39, 0.29) is 17.1 Å². The van der Waals surface area contributed by atoms with Gasteiger partial charge in [0.2, 0.25) is 0 Å². The Morgan fingerprint density at radius 1 is 1.21 bits per heavy atom. The normalized spacial score (nSPS) is 14.4. The third-order valence-electron chi connectivity index (χ3n) is 5.98. The fraction of sp³-hybridized carbons (Fsp3) is 0.333. The van der Waals surface area contributed by atoms with Crippen LogP contribution in [0.5, 0.6) is 11.5 Å². The molecule has 0 aliphatic carbocycles. The SMILES string of the molecule is Cc1ccc(O)c(C)c1-n1nc(-c2cccc(OCCN3CCNCC3)c2)c(C(N)=O)c1N. The fourth-order valence-corrected chi connectivity index (χ4v) is 4.16. The number of amides is 1. The smallest absolute Gasteiger partial charge is 0.254 e. The van der Waals surface area contributed by atoms with Gasteiger partial charge in [0, 0.05) is 43.9 Å². The first-order valence-corrected chi connectivity index (χ1v) is 11.0. The largest absolute Gasteiger partial charge is 0.508 e. The summed E-state index contributed by atoms with van der Waals surface area (Å²) < 4.78 is 7.44. The van der Waals surface area contributed by atoms with Gasteiger partial charge in [0.1, 0.15) is 35.2 Å². The highest BCUT2D eigenvalue weighted by molar-refractivity contribution is 6.03. The molecule has 9 nitrogen and oxygen atoms in total. The molecule has 0 radical (unpaired) electrons. The van der Waals surface area contributed by atoms with Crippen molar-refractivity contribution in [2.45, 2.75) is 13.8 Å². The van der Waals surface area contributed by atoms with Crippen molar-refractivity contribution < 1.29 is 14.6 Å². The zero-order chi connectivity index (χ0) is 23.5. The average molecular weight is 451 g/mol. The minimum Gasteiger partial charge on any atom is -0.508 e. The van der Waals surface area contributed by atoms with Gasteiger partial charge in [-0.05, 0) is 37.6 Å². The number of piperazine rings is 1. The molecule has 9 heteroatoms. The molecule has 0 bridgehead atoms. The number of nitrogens with two attached hydrogens (primary N) is 2. The zero-order valence-corrected chi connectivity index (χ0v) is 19.0. The van der Waals surface area contributed by atoms with E-state index in [1.54, 1.807) is 19.1 Å². The third kappa shape index (κ3) is 4.64. The first-order valence-electron chi connectivity index (χ1n) is 11.0. The summed E-state index contributed by atoms with van der Waals surface area (Å²) in [6.07, 6.45) is 0. The molecule has 2 aromatic carbocycles. The Morgan fingerprint density at radius 2 is 1.97 bits per heavy atom. The van der Waals surface area contributed by atoms with Crippen LogP contribution in [0.3, 0.4) is 0 Å². The van der Waals surface area contributed by atoms with Crippen molar-refractivity contribution in [1.29, 1.82) is 0 Å². The summed E-state index contributed by atoms with van der Waals surface area (Å²) in [5.41, 5.74) is 15.3. The summed E-state index contributed by atoms with van der Waals surface area (Å²) in [5, 5.41) is 18.2. The number of phenols is 1. The van der Waals surface area contributed by atoms with Gasteiger partial charge in [-0.2, -0.15) is 5.10 Å². The van der Waals surface area contributed by atoms with Gasteiger partial charge in [-0.25, -0.2) is 4.68 Å². The predicted molar refractivity (Wildman–Crippen MR) is 128 cm³/mol. The first kappa shape index (κ1) is 22.6. The molecule has 174 valence electrons. The van der Waals surface area contributed by atoms with Gasteiger partial charge < -0.3 is 26.6 Å². The molecule has 1 aromatic heterocycles. The highest BCUT2D eigenvalue weighted by atomic mass is 16.5. The van der Waals surface area contributed by atoms with Crippen molar-refractivity contribution in [2.75, 3.05) is 45.1 Å². The maximum Gasteiger partial charge on any atom is 0.254 e. The molecule has 0 unspecified atom stereocenters. The van der Waals surface area contributed by atoms with Crippen molar-refractivity contribution in [2.24, 2.45) is 5.73 Å². The highest BCUT2D eigenvalue weighted by Crippen LogP contribution is 2.34. The fourth-order valence-electron chi connectivity index (χ4n) is 4.16. The van der Waals surface area contributed by atoms with Crippen LogP contribution in [-0.4, -0.2) is 65.0 Å². The molecule has 1 fully saturated rings. The third-order valence-corrected chi connectivity index (χ3v) is 5.98. The van der Waals surface area contributed by atoms with Gasteiger partial charge >= 0.3 is 0 Å². The van der Waals surface area contributed by atoms with E-state index >= 15 is 0 Å². The van der Waals surface area contributed by atoms with Crippen LogP contribution in [0.25, 0.3) is 16.9 Å². The summed E-state index contributed by atoms with van der Waals surface area (Å²) in [6.45, 7) is 9.07. The van der Waals surface area contributed by atoms with E-state index in [1.807, 2.05) is 31.2 Å². The molecule has 2 heterocycles. The van der Waals surface area contributed by atoms with Crippen molar-refractivity contribution in [3.8, 4) is 28.4 Å². The lowest BCUT2D eigenvalue weighted by Crippen LogP contribution is -2.44. The molecule has 0 atom stereocenters. The molecule has 0 spiro atoms. The number of carbonyl (C=O) groups is 1. The van der Waals surface area contributed by atoms with E-state index in [0.29, 0.717) is 34.9 Å². The van der Waals surface area contributed by atoms with Gasteiger partial charge in [0.15, 0.2) is 0 Å². The zero-order valence-electron chi connectivity index (χ0n) is 19.0. The van der Waals surface area contributed by atoms with Crippen molar-refractivity contribution in [3.05, 3.63) is 53.1 Å². The van der Waals surface area contributed by atoms with Crippen LogP contribution in [0.4, 0.5) is 5.82 Å². The Morgan fingerprint density at radius 3 is 2.70 bits per heavy atom. The number of aromatic hydroxyl groups is 1. The van der Waals surface area contributed by atoms with E-state index < -0.39 is 5.91 Å². The molecule has 1 aliphatic heterocycles. The summed E-state index contributed by atoms with van der Waals surface area (Å²) in [6, 6.07) is 10.8. The number of rotatable bonds is 7. The second kappa shape index (κ2) is 9.51. The number of anilines is 1. The quantitative estimate of drug-likeness (QED) is 0.432. The van der Waals surface area contributed by atoms with Crippen LogP contribution in [0, 0.1) is 13.8 Å². The Bertz CT molecular complexity index is 1170. The van der Waals surface area contributed by atoms with Crippen molar-refractivity contribution in [1.82, 2.24) is 20.0 Å². The number of carbonyl (C=O) groups excluding carboxylic acids is 1. The summed E-state index contributed by atoms with van der Waals surface area (Å²) in [7, 11) is 0. The molecule has 1 aliphatic rings. The van der Waals surface area contributed by atoms with Crippen LogP contribution >= 0.6 is 0 Å². The standard InChI is InChI=1S/C24H30N6O3/c1-15-6-7-19(31)16(2)22(15)30-23(25)20(24(26)32)21(28-30)17-4-3-5-18(14-17)33-13-12-29-10-8-27-9-11-29/h3-7,14,27,31H,8-13,25H2,1-2H3,(H2,26,32). The highest BCUT2D eigenvalue weighted by Gasteiger charge is 2.24. The van der Waals surface area contributed by atoms with Gasteiger partial charge in [0.25, 0.3) is 5.91 Å². The predicted octanol–water partition coefficient (Wildman–Crippen LogP) is 1.83. The number of nitrogens with zero attached hydrogens (tertiary/aromatic N) is 3. The van der Waals surface area contributed by atoms with Crippen LogP contribution in [0.2, 0.25) is 0 Å². The number of aryl methyl sites for hydroxylation is 1. The number of phenolic OH excluding ortho intramolecular Hbond substituents is 1. The second-order valence-electron chi connectivity index (χ2n) is 8.23. The number of ether oxygens (including phenoxy) is 1. The number of nitrogen functional groups attached to an aromatic ring is 1. The molecule has 6 N–H and O–H groups in total. The van der Waals surface area contributed by atoms with E-state index in [0.717, 1.165) is 38.3 Å². The Balaban J connectivity index is 1.65. The van der Waals surface area contributed by atoms with Crippen molar-refractivity contribution in [3.63, 3.8) is 0 Å². The lowest BCUT2D eigenvalue weighted by molar-refractivity contribution is 0.100. The summed E-state index contributed by atoms with van der Waals surface area (Å²) in [5.74, 6) is 0.247. The maximum atomic E-state index is 12.3. The minimum atomic E-state index is -0.672. The number of aromatic nitrogens is 2. The van der Waals surface area contributed by atoms with Crippen LogP contribution in [0.1, 0.15) is 21.5 Å². The van der Waals surface area contributed by atoms with Crippen LogP contribution in [-0.2, 0) is 0 Å². The molecule has 3 aromatic rings. The summed E-state index contributed by atoms with van der Waals surface area (Å²) in [4.78, 5) is 14.7. The molecule has 0 saturated carbocycles. The summed E-state index contributed by atoms with van der Waals surface area (Å²) >= 11 is 0. The number of benzene rings is 2. The average Bonchev–Trinajstić information content (AvgIpc) is 3.15. The Labute approximate surface area is 192 Å². The Kier molecular flexibility index (Phi) is 6.52. The Hall–Kier alpha value is -3.56. The van der Waals surface area contributed by atoms with Crippen LogP contribution < -0.4 is 21.5 Å². The lowest BCUT2D eigenvalue weighted by Gasteiger charge is -2.26. The second-order valence-corrected chi connectivity index (χ2v) is 8.23. The number of primary amides is 1. The topological polar surface area (TPSA) is 132 Å². The van der Waals surface area contributed by atoms with Gasteiger partial charge in [0.05, 0.1) is 5.69 Å². The number of hydrogen-bond donors (Lipinski definition) is 4. The number of nitrogens with one attached hydrogen (secondary N) is 1. The van der Waals surface area contributed by atoms with Crippen molar-refractivity contribution >= 4 is 11.7 Å².